The summed E-state index contributed by atoms with van der Waals surface area (Å²) in [5, 5.41) is 212. The Kier molecular flexibility index (Phi) is 49.3. The van der Waals surface area contributed by atoms with Crippen LogP contribution in [0.25, 0.3) is 11.5 Å². The van der Waals surface area contributed by atoms with Crippen LogP contribution in [0.5, 0.6) is 0 Å². The minimum Gasteiger partial charge on any atom is -0.670 e. The maximum Gasteiger partial charge on any atom is 0.247 e. The standard InChI is InChI=1S/C42H70N5O21.C31H56N3O18.2Ac/c1-4-5-6-7-9-12-24(50)44-46-26(52)16-27(53)47-45-25(51)13-10-8-11-14-62-40-36(61)38(30(55)20(3)63-40)65-22-15-21(17-48)31(56)37(28(22)43)67-42-39(34(59)32(57)23(18-49)66-42)68-41-35(60)33(58)29(54)19(2)64-41;1-11-18(38)22(42)24(44)30(48-11)52-28-23(43)21(41)15(10-36)50-31(28)51-26-17(32)14(8-13(9-35)20(26)40)49-27-19(39)12(2)47-29(25(27)45)46-7-5-3-4-6-16(37)34-33;;/h4-7,19-23,28-43,48-49,54-61H,8-18H2,1-3H3,(H,44,50)(H,45,51)(H,46,52)(H,47,53);11-15,17-32,35-36,38-45H,3-10,33H2,1-2H3,(H,34,37);;/q2*-1;;/b5-4+,7-6+;;;/t19?,20?,21?,22-,23?,28?,29-,30-,31+,32-,33?,34?,35?,36?,37?,38?,39?,40+,41-,42+;11?,12?,13?,14-,15?,17?,18-,19-,20+,21-,22?,23?,24?,25?,26?,27?,28?,29+,30-,31+;;/m00../s1. The Morgan fingerprint density at radius 2 is 0.730 bits per heavy atom. The number of hydrogen-bond donors (Lipinski definition) is 26. The molecule has 2 aliphatic carbocycles. The third kappa shape index (κ3) is 30.4. The number of ether oxygens (including phenoxy) is 14. The number of carbonyl (C=O) groups excluding carboxylic acids is 5. The molecule has 700 valence electrons. The van der Waals surface area contributed by atoms with Crippen molar-refractivity contribution in [3.05, 3.63) is 35.8 Å². The van der Waals surface area contributed by atoms with Crippen molar-refractivity contribution >= 4 is 29.5 Å². The molecule has 6 saturated heterocycles. The molecule has 2 radical (unpaired) electrons. The average Bonchev–Trinajstić information content (AvgIpc) is 0.768. The summed E-state index contributed by atoms with van der Waals surface area (Å²) in [4.78, 5) is 59.4. The first-order valence-corrected chi connectivity index (χ1v) is 40.2. The fourth-order valence-corrected chi connectivity index (χ4v) is 14.8. The number of amides is 5. The van der Waals surface area contributed by atoms with Gasteiger partial charge < -0.3 is 180 Å². The van der Waals surface area contributed by atoms with E-state index in [1.165, 1.54) is 27.7 Å². The third-order valence-electron chi connectivity index (χ3n) is 22.1. The number of allylic oxidation sites excluding steroid dienone is 4. The van der Waals surface area contributed by atoms with Gasteiger partial charge in [0.05, 0.1) is 62.0 Å². The number of aliphatic hydroxyl groups excluding tert-OH is 20. The van der Waals surface area contributed by atoms with Gasteiger partial charge in [-0.3, -0.25) is 51.1 Å². The smallest absolute Gasteiger partial charge is 0.247 e. The zero-order valence-electron chi connectivity index (χ0n) is 68.3. The van der Waals surface area contributed by atoms with Crippen LogP contribution in [0.4, 0.5) is 0 Å². The number of nitrogens with two attached hydrogens (primary N) is 1. The summed E-state index contributed by atoms with van der Waals surface area (Å²) in [6.07, 6.45) is -45.0. The molecule has 5 amide bonds. The van der Waals surface area contributed by atoms with E-state index in [1.807, 2.05) is 18.4 Å². The van der Waals surface area contributed by atoms with Gasteiger partial charge in [0.2, 0.25) is 29.5 Å². The molecule has 49 heteroatoms. The first-order valence-electron chi connectivity index (χ1n) is 40.2. The van der Waals surface area contributed by atoms with E-state index in [1.54, 1.807) is 18.2 Å². The second-order valence-electron chi connectivity index (χ2n) is 31.0. The third-order valence-corrected chi connectivity index (χ3v) is 22.1. The molecule has 0 aromatic heterocycles. The van der Waals surface area contributed by atoms with E-state index < -0.39 is 301 Å². The number of hydrazine groups is 3. The summed E-state index contributed by atoms with van der Waals surface area (Å²) in [6, 6.07) is -3.07. The molecule has 0 bridgehead atoms. The Bertz CT molecular complexity index is 3150. The van der Waals surface area contributed by atoms with Crippen LogP contribution in [-0.4, -0.2) is 404 Å². The topological polar surface area (TPSA) is 753 Å². The molecule has 2 saturated carbocycles. The SMILES string of the molecule is C/C=C/C=C/CCC(=O)NNC(=O)CC(=O)NNC(=O)CCCCCO[C@@H]1OC(C)[C@H](O)C(O[C@H]2CC(CO)[C@@H](O)C(O[C@H]3OC(CO)[C@H](O)C(O)C3O[C@@H]3OC(C)[C@H](O)C(O)C3O)C2[NH-])C1O.CC1O[C@@H](OC2C(O)[C@@H](O)C(CO)O[C@@H]2OC2C([NH-])[C@@H](OC3C(O)[C@H](OCCCCCC(=O)NN)OC(C)[C@@H]3O)CC(CO)[C@H]2O)C(O)C(O)[C@H]1O.[Ac].[Ac]. The van der Waals surface area contributed by atoms with Gasteiger partial charge in [-0.05, 0) is 79.6 Å². The fraction of sp³-hybridized carbons (Fsp3) is 0.877. The fourth-order valence-electron chi connectivity index (χ4n) is 14.8. The number of nitrogens with one attached hydrogen (secondary N) is 7. The van der Waals surface area contributed by atoms with Crippen molar-refractivity contribution in [1.82, 2.24) is 27.1 Å². The summed E-state index contributed by atoms with van der Waals surface area (Å²) in [5.74, 6) is 0.186. The first kappa shape index (κ1) is 111. The Labute approximate surface area is 775 Å². The van der Waals surface area contributed by atoms with Crippen molar-refractivity contribution in [3.8, 4) is 0 Å². The van der Waals surface area contributed by atoms with Crippen LogP contribution in [0.3, 0.4) is 0 Å². The molecule has 8 aliphatic rings. The van der Waals surface area contributed by atoms with E-state index in [4.69, 9.17) is 83.6 Å². The molecule has 6 aliphatic heterocycles. The molecular formula is C73H126Ac2N8O39-2. The van der Waals surface area contributed by atoms with Crippen molar-refractivity contribution in [2.24, 2.45) is 17.7 Å². The number of rotatable bonds is 36. The Morgan fingerprint density at radius 3 is 1.11 bits per heavy atom. The molecule has 0 aromatic carbocycles. The Morgan fingerprint density at radius 1 is 0.369 bits per heavy atom. The van der Waals surface area contributed by atoms with E-state index in [0.29, 0.717) is 44.9 Å². The summed E-state index contributed by atoms with van der Waals surface area (Å²) in [7, 11) is 0. The molecule has 6 heterocycles. The second-order valence-corrected chi connectivity index (χ2v) is 31.0. The van der Waals surface area contributed by atoms with Crippen LogP contribution in [-0.2, 0) is 90.3 Å². The summed E-state index contributed by atoms with van der Waals surface area (Å²) in [6.45, 7) is 4.93. The van der Waals surface area contributed by atoms with Gasteiger partial charge >= 0.3 is 0 Å². The number of aliphatic hydroxyl groups is 20. The van der Waals surface area contributed by atoms with Crippen molar-refractivity contribution < 1.29 is 281 Å². The van der Waals surface area contributed by atoms with Crippen molar-refractivity contribution in [2.45, 2.75) is 351 Å². The van der Waals surface area contributed by atoms with E-state index in [0.717, 1.165) is 0 Å². The maximum atomic E-state index is 12.3. The van der Waals surface area contributed by atoms with Gasteiger partial charge in [-0.15, -0.1) is 0 Å². The molecule has 8 rings (SSSR count). The number of hydrogen-bond acceptors (Lipinski definition) is 40. The van der Waals surface area contributed by atoms with Crippen LogP contribution in [0.1, 0.15) is 118 Å². The molecule has 47 nitrogen and oxygen atoms in total. The van der Waals surface area contributed by atoms with Crippen molar-refractivity contribution in [1.29, 1.82) is 0 Å². The predicted molar refractivity (Wildman–Crippen MR) is 400 cm³/mol. The Hall–Kier alpha value is -1.77. The molecular weight excluding hydrogens is 2070 g/mol. The normalized spacial score (nSPS) is 41.8. The van der Waals surface area contributed by atoms with Crippen LogP contribution >= 0.6 is 0 Å². The van der Waals surface area contributed by atoms with Gasteiger partial charge in [-0.1, -0.05) is 49.2 Å². The molecule has 40 atom stereocenters. The summed E-state index contributed by atoms with van der Waals surface area (Å²) in [5.41, 5.74) is 28.8. The second kappa shape index (κ2) is 54.3. The molecule has 8 fully saturated rings. The average molecular weight is 2190 g/mol. The largest absolute Gasteiger partial charge is 0.670 e. The van der Waals surface area contributed by atoms with E-state index in [2.05, 4.69) is 21.7 Å². The van der Waals surface area contributed by atoms with E-state index in [9.17, 15) is 126 Å². The zero-order valence-corrected chi connectivity index (χ0v) is 77.8. The maximum absolute atomic E-state index is 12.3. The van der Waals surface area contributed by atoms with Crippen molar-refractivity contribution in [3.63, 3.8) is 0 Å². The summed E-state index contributed by atoms with van der Waals surface area (Å²) < 4.78 is 81.0. The van der Waals surface area contributed by atoms with E-state index >= 15 is 0 Å². The minimum atomic E-state index is -1.90. The zero-order chi connectivity index (χ0) is 88.7. The first-order chi connectivity index (χ1) is 57.0. The molecule has 29 N–H and O–H groups in total. The van der Waals surface area contributed by atoms with Gasteiger partial charge in [0.15, 0.2) is 37.7 Å². The Balaban J connectivity index is 0.000000441. The van der Waals surface area contributed by atoms with Gasteiger partial charge in [0, 0.05) is 158 Å². The predicted octanol–water partition coefficient (Wildman–Crippen LogP) is -10.2. The van der Waals surface area contributed by atoms with Crippen LogP contribution in [0.2, 0.25) is 0 Å². The minimum absolute atomic E-state index is 0. The van der Waals surface area contributed by atoms with Gasteiger partial charge in [0.25, 0.3) is 0 Å². The van der Waals surface area contributed by atoms with Gasteiger partial charge in [-0.25, -0.2) is 5.84 Å². The number of carbonyl (C=O) groups is 5. The van der Waals surface area contributed by atoms with Crippen LogP contribution in [0, 0.1) is 100.0 Å². The monoisotopic (exact) mass is 2190 g/mol. The van der Waals surface area contributed by atoms with Gasteiger partial charge in [-0.2, -0.15) is 0 Å². The molecule has 122 heavy (non-hydrogen) atoms. The number of unbranched alkanes of at least 4 members (excludes halogenated alkanes) is 4. The molecule has 0 aromatic rings. The molecule has 0 spiro atoms. The van der Waals surface area contributed by atoms with Crippen LogP contribution < -0.4 is 33.0 Å². The van der Waals surface area contributed by atoms with Gasteiger partial charge in [0.1, 0.15) is 129 Å². The van der Waals surface area contributed by atoms with E-state index in [-0.39, 0.29) is 139 Å². The van der Waals surface area contributed by atoms with Crippen LogP contribution in [0.15, 0.2) is 24.3 Å². The quantitative estimate of drug-likeness (QED) is 0.00692. The van der Waals surface area contributed by atoms with Crippen molar-refractivity contribution in [2.75, 3.05) is 39.6 Å². The molecule has 24 unspecified atom stereocenters. The summed E-state index contributed by atoms with van der Waals surface area (Å²) >= 11 is 0.